The second-order valence-electron chi connectivity index (χ2n) is 3.01. The summed E-state index contributed by atoms with van der Waals surface area (Å²) in [6.45, 7) is 2.43. The first-order valence-corrected chi connectivity index (χ1v) is 4.70. The number of carbonyl (C=O) groups is 1. The Morgan fingerprint density at radius 2 is 2.07 bits per heavy atom. The van der Waals surface area contributed by atoms with E-state index in [-0.39, 0.29) is 40.9 Å². The molecule has 0 atom stereocenters. The molecule has 78 valence electrons. The number of carbonyl (C=O) groups excluding carboxylic acids is 1. The van der Waals surface area contributed by atoms with E-state index < -0.39 is 5.97 Å². The van der Waals surface area contributed by atoms with E-state index in [2.05, 4.69) is 0 Å². The summed E-state index contributed by atoms with van der Waals surface area (Å²) in [5.41, 5.74) is 0.226. The number of benzene rings is 1. The number of hydrogen-bond acceptors (Lipinski definition) is 3. The maximum absolute atomic E-state index is 11.4. The zero-order valence-electron chi connectivity index (χ0n) is 8.19. The molecule has 4 heteroatoms. The predicted octanol–water partition coefficient (Wildman–Crippen LogP) is 1.70. The molecule has 3 nitrogen and oxygen atoms in total. The number of phenols is 1. The summed E-state index contributed by atoms with van der Waals surface area (Å²) in [6.07, 6.45) is 1.83. The summed E-state index contributed by atoms with van der Waals surface area (Å²) in [7, 11) is 0. The van der Waals surface area contributed by atoms with Crippen LogP contribution in [0.15, 0.2) is 24.3 Å². The molecule has 0 aromatic heterocycles. The van der Waals surface area contributed by atoms with E-state index in [1.165, 1.54) is 6.07 Å². The summed E-state index contributed by atoms with van der Waals surface area (Å²) in [5, 5.41) is 9.34. The Morgan fingerprint density at radius 3 is 2.67 bits per heavy atom. The van der Waals surface area contributed by atoms with Crippen molar-refractivity contribution in [3.05, 3.63) is 29.8 Å². The van der Waals surface area contributed by atoms with Gasteiger partial charge < -0.3 is 9.84 Å². The van der Waals surface area contributed by atoms with Gasteiger partial charge in [-0.1, -0.05) is 25.5 Å². The molecule has 15 heavy (non-hydrogen) atoms. The van der Waals surface area contributed by atoms with Crippen molar-refractivity contribution in [1.29, 1.82) is 0 Å². The summed E-state index contributed by atoms with van der Waals surface area (Å²) in [4.78, 5) is 11.4. The molecule has 0 spiro atoms. The third kappa shape index (κ3) is 4.69. The van der Waals surface area contributed by atoms with Gasteiger partial charge in [-0.3, -0.25) is 0 Å². The fourth-order valence-electron chi connectivity index (χ4n) is 1.03. The van der Waals surface area contributed by atoms with Crippen molar-refractivity contribution in [2.75, 3.05) is 6.61 Å². The van der Waals surface area contributed by atoms with Crippen molar-refractivity contribution in [1.82, 2.24) is 0 Å². The number of esters is 1. The molecule has 0 aliphatic heterocycles. The van der Waals surface area contributed by atoms with Gasteiger partial charge in [-0.2, -0.15) is 0 Å². The molecule has 0 unspecified atom stereocenters. The zero-order chi connectivity index (χ0) is 10.4. The molecule has 0 aliphatic carbocycles. The summed E-state index contributed by atoms with van der Waals surface area (Å²) in [5.74, 6) is -0.495. The van der Waals surface area contributed by atoms with E-state index in [0.717, 1.165) is 12.8 Å². The van der Waals surface area contributed by atoms with Crippen LogP contribution in [0.4, 0.5) is 0 Å². The van der Waals surface area contributed by atoms with Gasteiger partial charge >= 0.3 is 35.5 Å². The maximum atomic E-state index is 11.4. The second kappa shape index (κ2) is 7.74. The van der Waals surface area contributed by atoms with E-state index in [9.17, 15) is 9.90 Å². The molecule has 1 aromatic carbocycles. The van der Waals surface area contributed by atoms with E-state index in [1.54, 1.807) is 18.2 Å². The molecule has 0 saturated heterocycles. The number of ether oxygens (including phenoxy) is 1. The van der Waals surface area contributed by atoms with Gasteiger partial charge in [0.25, 0.3) is 0 Å². The summed E-state index contributed by atoms with van der Waals surface area (Å²) in [6, 6.07) is 6.37. The zero-order valence-corrected chi connectivity index (χ0v) is 8.19. The molecular weight excluding hydrogens is 203 g/mol. The Labute approximate surface area is 112 Å². The van der Waals surface area contributed by atoms with Crippen LogP contribution in [0, 0.1) is 0 Å². The van der Waals surface area contributed by atoms with Crippen LogP contribution in [0.1, 0.15) is 30.1 Å². The average Bonchev–Trinajstić information content (AvgIpc) is 2.18. The van der Waals surface area contributed by atoms with E-state index in [1.807, 2.05) is 6.92 Å². The SMILES string of the molecule is CCCCOC(=O)c1ccccc1O.[NaH]. The number of phenolic OH excluding ortho intramolecular Hbond substituents is 1. The Bertz CT molecular complexity index is 312. The molecule has 0 amide bonds. The quantitative estimate of drug-likeness (QED) is 0.475. The van der Waals surface area contributed by atoms with Crippen molar-refractivity contribution < 1.29 is 14.6 Å². The molecular formula is C11H15NaO3. The van der Waals surface area contributed by atoms with Crippen LogP contribution in [0.25, 0.3) is 0 Å². The van der Waals surface area contributed by atoms with Crippen LogP contribution in [0.3, 0.4) is 0 Å². The molecule has 1 N–H and O–H groups in total. The summed E-state index contributed by atoms with van der Waals surface area (Å²) >= 11 is 0. The first-order chi connectivity index (χ1) is 6.75. The van der Waals surface area contributed by atoms with E-state index >= 15 is 0 Å². The third-order valence-corrected chi connectivity index (χ3v) is 1.86. The van der Waals surface area contributed by atoms with Crippen LogP contribution in [0.5, 0.6) is 5.75 Å². The minimum absolute atomic E-state index is 0. The number of aromatic hydroxyl groups is 1. The molecule has 1 rings (SSSR count). The van der Waals surface area contributed by atoms with Crippen LogP contribution in [0.2, 0.25) is 0 Å². The van der Waals surface area contributed by atoms with Crippen LogP contribution in [-0.2, 0) is 4.74 Å². The van der Waals surface area contributed by atoms with Crippen LogP contribution < -0.4 is 0 Å². The number of hydrogen-bond donors (Lipinski definition) is 1. The van der Waals surface area contributed by atoms with Gasteiger partial charge in [0.2, 0.25) is 0 Å². The van der Waals surface area contributed by atoms with Crippen molar-refractivity contribution >= 4 is 35.5 Å². The van der Waals surface area contributed by atoms with Gasteiger partial charge in [-0.25, -0.2) is 4.79 Å². The average molecular weight is 218 g/mol. The van der Waals surface area contributed by atoms with Gasteiger partial charge in [0.15, 0.2) is 0 Å². The first-order valence-electron chi connectivity index (χ1n) is 4.70. The third-order valence-electron chi connectivity index (χ3n) is 1.86. The predicted molar refractivity (Wildman–Crippen MR) is 60.4 cm³/mol. The Hall–Kier alpha value is -0.510. The monoisotopic (exact) mass is 218 g/mol. The van der Waals surface area contributed by atoms with Crippen LogP contribution >= 0.6 is 0 Å². The number of para-hydroxylation sites is 1. The Kier molecular flexibility index (Phi) is 7.48. The first kappa shape index (κ1) is 14.5. The Balaban J connectivity index is 0.00000196. The van der Waals surface area contributed by atoms with Crippen LogP contribution in [-0.4, -0.2) is 47.2 Å². The standard InChI is InChI=1S/C11H14O3.Na.H/c1-2-3-8-14-11(13)9-6-4-5-7-10(9)12;;/h4-7,12H,2-3,8H2,1H3;;. The second-order valence-corrected chi connectivity index (χ2v) is 3.01. The molecule has 0 aliphatic rings. The molecule has 0 heterocycles. The minimum atomic E-state index is -0.462. The topological polar surface area (TPSA) is 46.5 Å². The fraction of sp³-hybridized carbons (Fsp3) is 0.364. The Morgan fingerprint density at radius 1 is 1.40 bits per heavy atom. The summed E-state index contributed by atoms with van der Waals surface area (Å²) < 4.78 is 4.95. The van der Waals surface area contributed by atoms with Gasteiger partial charge in [0, 0.05) is 0 Å². The van der Waals surface area contributed by atoms with Crippen molar-refractivity contribution in [3.63, 3.8) is 0 Å². The molecule has 0 radical (unpaired) electrons. The molecule has 1 aromatic rings. The van der Waals surface area contributed by atoms with Gasteiger partial charge in [0.1, 0.15) is 11.3 Å². The molecule has 0 bridgehead atoms. The van der Waals surface area contributed by atoms with Crippen molar-refractivity contribution in [3.8, 4) is 5.75 Å². The van der Waals surface area contributed by atoms with Crippen molar-refractivity contribution in [2.24, 2.45) is 0 Å². The number of rotatable bonds is 4. The van der Waals surface area contributed by atoms with Gasteiger partial charge in [-0.05, 0) is 18.6 Å². The van der Waals surface area contributed by atoms with E-state index in [4.69, 9.17) is 4.74 Å². The normalized spacial score (nSPS) is 9.13. The van der Waals surface area contributed by atoms with Gasteiger partial charge in [-0.15, -0.1) is 0 Å². The van der Waals surface area contributed by atoms with E-state index in [0.29, 0.717) is 6.61 Å². The molecule has 0 saturated carbocycles. The van der Waals surface area contributed by atoms with Gasteiger partial charge in [0.05, 0.1) is 6.61 Å². The van der Waals surface area contributed by atoms with Crippen molar-refractivity contribution in [2.45, 2.75) is 19.8 Å². The molecule has 0 fully saturated rings. The fourth-order valence-corrected chi connectivity index (χ4v) is 1.03. The number of unbranched alkanes of at least 4 members (excludes halogenated alkanes) is 1.